The molecule has 2 aromatic rings. The molecule has 1 aliphatic rings. The highest BCUT2D eigenvalue weighted by Crippen LogP contribution is 2.44. The predicted molar refractivity (Wildman–Crippen MR) is 113 cm³/mol. The van der Waals surface area contributed by atoms with Crippen LogP contribution in [0.15, 0.2) is 48.5 Å². The van der Waals surface area contributed by atoms with E-state index >= 15 is 0 Å². The number of hydrogen-bond donors (Lipinski definition) is 1. The maximum atomic E-state index is 12.4. The van der Waals surface area contributed by atoms with Gasteiger partial charge in [-0.3, -0.25) is 0 Å². The van der Waals surface area contributed by atoms with Crippen LogP contribution in [0, 0.1) is 0 Å². The highest BCUT2D eigenvalue weighted by atomic mass is 16.6. The van der Waals surface area contributed by atoms with Crippen LogP contribution in [0.5, 0.6) is 0 Å². The van der Waals surface area contributed by atoms with E-state index in [1.165, 1.54) is 22.3 Å². The standard InChI is InChI=1S/C23H30N2O4/c1-24-11-13-27-15-16-28-14-12-25(2)23(26)29-17-22-20-9-5-3-7-18(20)19-8-4-6-10-21(19)22/h3-10,22,24H,11-17H2,1-2H3. The van der Waals surface area contributed by atoms with Crippen LogP contribution in [0.2, 0.25) is 0 Å². The van der Waals surface area contributed by atoms with Gasteiger partial charge in [-0.1, -0.05) is 48.5 Å². The summed E-state index contributed by atoms with van der Waals surface area (Å²) in [4.78, 5) is 13.9. The van der Waals surface area contributed by atoms with Gasteiger partial charge in [-0.2, -0.15) is 0 Å². The summed E-state index contributed by atoms with van der Waals surface area (Å²) in [6.45, 7) is 3.82. The first-order valence-corrected chi connectivity index (χ1v) is 10.1. The lowest BCUT2D eigenvalue weighted by molar-refractivity contribution is 0.0394. The maximum Gasteiger partial charge on any atom is 0.409 e. The topological polar surface area (TPSA) is 60.0 Å². The van der Waals surface area contributed by atoms with Crippen molar-refractivity contribution < 1.29 is 19.0 Å². The van der Waals surface area contributed by atoms with Crippen LogP contribution < -0.4 is 5.32 Å². The number of ether oxygens (including phenoxy) is 3. The minimum atomic E-state index is -0.333. The van der Waals surface area contributed by atoms with Crippen molar-refractivity contribution in [1.82, 2.24) is 10.2 Å². The quantitative estimate of drug-likeness (QED) is 0.590. The average Bonchev–Trinajstić information content (AvgIpc) is 3.07. The second-order valence-electron chi connectivity index (χ2n) is 7.05. The summed E-state index contributed by atoms with van der Waals surface area (Å²) in [7, 11) is 3.62. The molecule has 0 aromatic heterocycles. The van der Waals surface area contributed by atoms with Crippen molar-refractivity contribution >= 4 is 6.09 Å². The highest BCUT2D eigenvalue weighted by molar-refractivity contribution is 5.79. The van der Waals surface area contributed by atoms with Crippen molar-refractivity contribution in [3.05, 3.63) is 59.7 Å². The zero-order chi connectivity index (χ0) is 20.5. The van der Waals surface area contributed by atoms with Gasteiger partial charge in [-0.05, 0) is 29.3 Å². The Kier molecular flexibility index (Phi) is 8.04. The van der Waals surface area contributed by atoms with Crippen LogP contribution in [0.1, 0.15) is 17.0 Å². The van der Waals surface area contributed by atoms with E-state index in [0.717, 1.165) is 6.54 Å². The second kappa shape index (κ2) is 11.0. The lowest BCUT2D eigenvalue weighted by Gasteiger charge is -2.19. The zero-order valence-corrected chi connectivity index (χ0v) is 17.2. The van der Waals surface area contributed by atoms with Gasteiger partial charge in [0.1, 0.15) is 6.61 Å². The molecular formula is C23H30N2O4. The molecule has 0 saturated heterocycles. The van der Waals surface area contributed by atoms with Gasteiger partial charge in [0.05, 0.1) is 26.4 Å². The van der Waals surface area contributed by atoms with E-state index in [1.54, 1.807) is 11.9 Å². The fourth-order valence-corrected chi connectivity index (χ4v) is 3.49. The van der Waals surface area contributed by atoms with Gasteiger partial charge >= 0.3 is 6.09 Å². The van der Waals surface area contributed by atoms with Gasteiger partial charge in [0.2, 0.25) is 0 Å². The first kappa shape index (κ1) is 21.3. The van der Waals surface area contributed by atoms with E-state index < -0.39 is 0 Å². The number of benzene rings is 2. The molecule has 6 nitrogen and oxygen atoms in total. The van der Waals surface area contributed by atoms with Crippen LogP contribution in [0.25, 0.3) is 11.1 Å². The minimum absolute atomic E-state index is 0.0748. The molecule has 1 aliphatic carbocycles. The van der Waals surface area contributed by atoms with E-state index in [2.05, 4.69) is 29.6 Å². The van der Waals surface area contributed by atoms with Gasteiger partial charge < -0.3 is 24.4 Å². The third kappa shape index (κ3) is 5.56. The van der Waals surface area contributed by atoms with Gasteiger partial charge in [-0.25, -0.2) is 4.79 Å². The molecule has 1 N–H and O–H groups in total. The summed E-state index contributed by atoms with van der Waals surface area (Å²) >= 11 is 0. The van der Waals surface area contributed by atoms with E-state index in [-0.39, 0.29) is 12.0 Å². The van der Waals surface area contributed by atoms with Crippen LogP contribution in [0.3, 0.4) is 0 Å². The Balaban J connectivity index is 1.42. The van der Waals surface area contributed by atoms with Crippen LogP contribution in [0.4, 0.5) is 4.79 Å². The first-order valence-electron chi connectivity index (χ1n) is 10.1. The van der Waals surface area contributed by atoms with Gasteiger partial charge in [0.15, 0.2) is 0 Å². The Hall–Kier alpha value is -2.41. The number of rotatable bonds is 11. The Morgan fingerprint density at radius 1 is 0.931 bits per heavy atom. The Bertz CT molecular complexity index is 750. The summed E-state index contributed by atoms with van der Waals surface area (Å²) in [6.07, 6.45) is -0.333. The molecule has 2 aromatic carbocycles. The lowest BCUT2D eigenvalue weighted by Crippen LogP contribution is -2.32. The van der Waals surface area contributed by atoms with E-state index in [1.807, 2.05) is 31.3 Å². The highest BCUT2D eigenvalue weighted by Gasteiger charge is 2.29. The lowest BCUT2D eigenvalue weighted by atomic mass is 9.98. The normalized spacial score (nSPS) is 12.5. The van der Waals surface area contributed by atoms with E-state index in [0.29, 0.717) is 39.6 Å². The van der Waals surface area contributed by atoms with Crippen molar-refractivity contribution in [2.24, 2.45) is 0 Å². The van der Waals surface area contributed by atoms with Crippen molar-refractivity contribution in [2.45, 2.75) is 5.92 Å². The number of carbonyl (C=O) groups excluding carboxylic acids is 1. The maximum absolute atomic E-state index is 12.4. The summed E-state index contributed by atoms with van der Waals surface area (Å²) < 4.78 is 16.5. The first-order chi connectivity index (χ1) is 14.2. The number of fused-ring (bicyclic) bond motifs is 3. The van der Waals surface area contributed by atoms with Crippen molar-refractivity contribution in [3.8, 4) is 11.1 Å². The molecule has 3 rings (SSSR count). The van der Waals surface area contributed by atoms with Crippen molar-refractivity contribution in [2.75, 3.05) is 60.2 Å². The summed E-state index contributed by atoms with van der Waals surface area (Å²) in [5, 5.41) is 3.02. The Morgan fingerprint density at radius 2 is 1.52 bits per heavy atom. The van der Waals surface area contributed by atoms with Crippen molar-refractivity contribution in [3.63, 3.8) is 0 Å². The van der Waals surface area contributed by atoms with Gasteiger partial charge in [-0.15, -0.1) is 0 Å². The molecule has 0 aliphatic heterocycles. The predicted octanol–water partition coefficient (Wildman–Crippen LogP) is 3.12. The van der Waals surface area contributed by atoms with Crippen LogP contribution >= 0.6 is 0 Å². The van der Waals surface area contributed by atoms with Crippen LogP contribution in [-0.4, -0.2) is 71.2 Å². The monoisotopic (exact) mass is 398 g/mol. The molecule has 0 fully saturated rings. The molecule has 29 heavy (non-hydrogen) atoms. The second-order valence-corrected chi connectivity index (χ2v) is 7.05. The molecule has 0 heterocycles. The number of amides is 1. The summed E-state index contributed by atoms with van der Waals surface area (Å²) in [5.41, 5.74) is 4.88. The fourth-order valence-electron chi connectivity index (χ4n) is 3.49. The number of carbonyl (C=O) groups is 1. The summed E-state index contributed by atoms with van der Waals surface area (Å²) in [5.74, 6) is 0.0748. The SMILES string of the molecule is CNCCOCCOCCN(C)C(=O)OCC1c2ccccc2-c2ccccc21. The average molecular weight is 399 g/mol. The molecule has 0 saturated carbocycles. The molecule has 0 atom stereocenters. The fraction of sp³-hybridized carbons (Fsp3) is 0.435. The molecule has 0 spiro atoms. The molecule has 156 valence electrons. The largest absolute Gasteiger partial charge is 0.448 e. The third-order valence-electron chi connectivity index (χ3n) is 5.09. The Labute approximate surface area is 172 Å². The zero-order valence-electron chi connectivity index (χ0n) is 17.2. The minimum Gasteiger partial charge on any atom is -0.448 e. The van der Waals surface area contributed by atoms with E-state index in [9.17, 15) is 4.79 Å². The molecule has 0 bridgehead atoms. The molecule has 6 heteroatoms. The summed E-state index contributed by atoms with van der Waals surface area (Å²) in [6, 6.07) is 16.6. The van der Waals surface area contributed by atoms with Gasteiger partial charge in [0.25, 0.3) is 0 Å². The van der Waals surface area contributed by atoms with E-state index in [4.69, 9.17) is 14.2 Å². The molecule has 0 unspecified atom stereocenters. The smallest absolute Gasteiger partial charge is 0.409 e. The molecule has 1 amide bonds. The number of hydrogen-bond acceptors (Lipinski definition) is 5. The van der Waals surface area contributed by atoms with Gasteiger partial charge in [0, 0.05) is 26.1 Å². The molecule has 0 radical (unpaired) electrons. The Morgan fingerprint density at radius 3 is 2.14 bits per heavy atom. The van der Waals surface area contributed by atoms with Crippen molar-refractivity contribution in [1.29, 1.82) is 0 Å². The number of nitrogens with zero attached hydrogens (tertiary/aromatic N) is 1. The van der Waals surface area contributed by atoms with Crippen LogP contribution in [-0.2, 0) is 14.2 Å². The number of likely N-dealkylation sites (N-methyl/N-ethyl adjacent to an activating group) is 2. The number of nitrogens with one attached hydrogen (secondary N) is 1. The molecular weight excluding hydrogens is 368 g/mol. The third-order valence-corrected chi connectivity index (χ3v) is 5.09.